The van der Waals surface area contributed by atoms with Crippen molar-refractivity contribution in [2.24, 2.45) is 5.92 Å². The van der Waals surface area contributed by atoms with Gasteiger partial charge in [0.05, 0.1) is 18.5 Å². The molecular weight excluding hydrogens is 344 g/mol. The molecule has 0 aliphatic carbocycles. The number of benzene rings is 1. The predicted molar refractivity (Wildman–Crippen MR) is 102 cm³/mol. The molecule has 6 nitrogen and oxygen atoms in total. The molecular formula is C21H26N2O4. The van der Waals surface area contributed by atoms with Gasteiger partial charge >= 0.3 is 12.1 Å². The lowest BCUT2D eigenvalue weighted by atomic mass is 9.81. The number of amides is 1. The van der Waals surface area contributed by atoms with Gasteiger partial charge in [-0.2, -0.15) is 0 Å². The zero-order chi connectivity index (χ0) is 19.6. The number of likely N-dealkylation sites (tertiary alicyclic amines) is 1. The maximum absolute atomic E-state index is 12.4. The zero-order valence-corrected chi connectivity index (χ0v) is 16.3. The van der Waals surface area contributed by atoms with E-state index in [1.54, 1.807) is 4.90 Å². The lowest BCUT2D eigenvalue weighted by Gasteiger charge is -2.37. The first-order chi connectivity index (χ1) is 12.8. The van der Waals surface area contributed by atoms with E-state index < -0.39 is 17.6 Å². The predicted octanol–water partition coefficient (Wildman–Crippen LogP) is 3.75. The minimum Gasteiger partial charge on any atom is -0.469 e. The number of esters is 1. The highest BCUT2D eigenvalue weighted by molar-refractivity contribution is 5.80. The number of carbonyl (C=O) groups excluding carboxylic acids is 2. The Morgan fingerprint density at radius 2 is 1.96 bits per heavy atom. The van der Waals surface area contributed by atoms with Crippen molar-refractivity contribution in [2.75, 3.05) is 20.2 Å². The van der Waals surface area contributed by atoms with Crippen LogP contribution < -0.4 is 0 Å². The number of piperidine rings is 1. The summed E-state index contributed by atoms with van der Waals surface area (Å²) in [4.78, 5) is 31.0. The summed E-state index contributed by atoms with van der Waals surface area (Å²) in [6.45, 7) is 6.29. The van der Waals surface area contributed by atoms with E-state index in [2.05, 4.69) is 11.1 Å². The molecule has 27 heavy (non-hydrogen) atoms. The summed E-state index contributed by atoms with van der Waals surface area (Å²) < 4.78 is 10.5. The van der Waals surface area contributed by atoms with E-state index in [1.807, 2.05) is 51.2 Å². The van der Waals surface area contributed by atoms with Crippen molar-refractivity contribution < 1.29 is 19.1 Å². The largest absolute Gasteiger partial charge is 0.469 e. The van der Waals surface area contributed by atoms with E-state index in [0.29, 0.717) is 13.0 Å². The number of methoxy groups -OCH3 is 1. The van der Waals surface area contributed by atoms with Gasteiger partial charge in [-0.1, -0.05) is 18.2 Å². The van der Waals surface area contributed by atoms with Crippen molar-refractivity contribution in [2.45, 2.75) is 38.7 Å². The number of fused-ring (bicyclic) bond motifs is 1. The lowest BCUT2D eigenvalue weighted by Crippen LogP contribution is -2.47. The Kier molecular flexibility index (Phi) is 5.35. The summed E-state index contributed by atoms with van der Waals surface area (Å²) in [6, 6.07) is 9.96. The van der Waals surface area contributed by atoms with Crippen LogP contribution in [0.15, 0.2) is 36.5 Å². The quantitative estimate of drug-likeness (QED) is 0.753. The third kappa shape index (κ3) is 4.38. The molecule has 1 aliphatic heterocycles. The molecule has 1 amide bonds. The standard InChI is InChI=1S/C21H26N2O4/c1-21(2,3)27-20(25)23-10-9-16(17(13-23)19(24)26-4)15-11-14-7-5-6-8-18(14)22-12-15/h5-8,11-12,16-17H,9-10,13H2,1-4H3/t16-,17?/m1/s1. The van der Waals surface area contributed by atoms with Crippen molar-refractivity contribution in [1.29, 1.82) is 0 Å². The van der Waals surface area contributed by atoms with Crippen LogP contribution in [0.1, 0.15) is 38.7 Å². The second kappa shape index (κ2) is 7.55. The fraction of sp³-hybridized carbons (Fsp3) is 0.476. The summed E-state index contributed by atoms with van der Waals surface area (Å²) in [5.74, 6) is -0.811. The molecule has 144 valence electrons. The van der Waals surface area contributed by atoms with Gasteiger partial charge < -0.3 is 14.4 Å². The second-order valence-corrected chi connectivity index (χ2v) is 7.91. The van der Waals surface area contributed by atoms with Crippen LogP contribution in [0.4, 0.5) is 4.79 Å². The van der Waals surface area contributed by atoms with Crippen molar-refractivity contribution >= 4 is 23.0 Å². The van der Waals surface area contributed by atoms with Gasteiger partial charge in [0.1, 0.15) is 5.60 Å². The Hall–Kier alpha value is -2.63. The topological polar surface area (TPSA) is 68.7 Å². The molecule has 0 spiro atoms. The van der Waals surface area contributed by atoms with Crippen molar-refractivity contribution in [3.8, 4) is 0 Å². The molecule has 0 bridgehead atoms. The molecule has 1 aromatic carbocycles. The molecule has 1 aliphatic rings. The van der Waals surface area contributed by atoms with Gasteiger partial charge in [-0.25, -0.2) is 4.79 Å². The number of carbonyl (C=O) groups is 2. The van der Waals surface area contributed by atoms with Gasteiger partial charge in [-0.05, 0) is 44.9 Å². The van der Waals surface area contributed by atoms with Gasteiger partial charge in [-0.15, -0.1) is 0 Å². The third-order valence-corrected chi connectivity index (χ3v) is 4.81. The molecule has 0 N–H and O–H groups in total. The highest BCUT2D eigenvalue weighted by Gasteiger charge is 2.39. The van der Waals surface area contributed by atoms with E-state index in [9.17, 15) is 9.59 Å². The maximum atomic E-state index is 12.4. The number of ether oxygens (including phenoxy) is 2. The molecule has 2 atom stereocenters. The van der Waals surface area contributed by atoms with Crippen LogP contribution >= 0.6 is 0 Å². The molecule has 2 aromatic rings. The van der Waals surface area contributed by atoms with Gasteiger partial charge in [-0.3, -0.25) is 9.78 Å². The molecule has 1 saturated heterocycles. The molecule has 1 fully saturated rings. The SMILES string of the molecule is COC(=O)C1CN(C(=O)OC(C)(C)C)CC[C@@H]1c1cnc2ccccc2c1. The first-order valence-corrected chi connectivity index (χ1v) is 9.19. The Bertz CT molecular complexity index is 843. The fourth-order valence-corrected chi connectivity index (χ4v) is 3.52. The van der Waals surface area contributed by atoms with Crippen molar-refractivity contribution in [3.05, 3.63) is 42.1 Å². The summed E-state index contributed by atoms with van der Waals surface area (Å²) in [5.41, 5.74) is 1.34. The molecule has 1 aromatic heterocycles. The second-order valence-electron chi connectivity index (χ2n) is 7.91. The molecule has 6 heteroatoms. The van der Waals surface area contributed by atoms with Crippen LogP contribution in [0, 0.1) is 5.92 Å². The van der Waals surface area contributed by atoms with Gasteiger partial charge in [0.2, 0.25) is 0 Å². The van der Waals surface area contributed by atoms with E-state index in [0.717, 1.165) is 16.5 Å². The van der Waals surface area contributed by atoms with Crippen LogP contribution in [0.5, 0.6) is 0 Å². The number of para-hydroxylation sites is 1. The average molecular weight is 370 g/mol. The molecule has 2 heterocycles. The fourth-order valence-electron chi connectivity index (χ4n) is 3.52. The number of pyridine rings is 1. The minimum atomic E-state index is -0.572. The number of rotatable bonds is 2. The maximum Gasteiger partial charge on any atom is 0.410 e. The van der Waals surface area contributed by atoms with Crippen molar-refractivity contribution in [3.63, 3.8) is 0 Å². The monoisotopic (exact) mass is 370 g/mol. The van der Waals surface area contributed by atoms with Crippen molar-refractivity contribution in [1.82, 2.24) is 9.88 Å². The van der Waals surface area contributed by atoms with E-state index in [-0.39, 0.29) is 18.4 Å². The molecule has 3 rings (SSSR count). The van der Waals surface area contributed by atoms with Crippen LogP contribution in [-0.2, 0) is 14.3 Å². The highest BCUT2D eigenvalue weighted by atomic mass is 16.6. The Balaban J connectivity index is 1.84. The van der Waals surface area contributed by atoms with Gasteiger partial charge in [0.25, 0.3) is 0 Å². The summed E-state index contributed by atoms with van der Waals surface area (Å²) in [6.07, 6.45) is 2.08. The van der Waals surface area contributed by atoms with Gasteiger partial charge in [0.15, 0.2) is 0 Å². The van der Waals surface area contributed by atoms with E-state index in [1.165, 1.54) is 7.11 Å². The number of hydrogen-bond donors (Lipinski definition) is 0. The Morgan fingerprint density at radius 3 is 2.67 bits per heavy atom. The highest BCUT2D eigenvalue weighted by Crippen LogP contribution is 2.35. The first-order valence-electron chi connectivity index (χ1n) is 9.19. The molecule has 0 saturated carbocycles. The van der Waals surface area contributed by atoms with Crippen LogP contribution in [0.2, 0.25) is 0 Å². The smallest absolute Gasteiger partial charge is 0.410 e. The minimum absolute atomic E-state index is 0.0479. The first kappa shape index (κ1) is 19.1. The zero-order valence-electron chi connectivity index (χ0n) is 16.3. The normalized spacial score (nSPS) is 20.4. The Morgan fingerprint density at radius 1 is 1.22 bits per heavy atom. The lowest BCUT2D eigenvalue weighted by molar-refractivity contribution is -0.148. The van der Waals surface area contributed by atoms with Gasteiger partial charge in [0, 0.05) is 30.6 Å². The number of hydrogen-bond acceptors (Lipinski definition) is 5. The molecule has 1 unspecified atom stereocenters. The number of aromatic nitrogens is 1. The summed E-state index contributed by atoms with van der Waals surface area (Å²) >= 11 is 0. The number of nitrogens with zero attached hydrogens (tertiary/aromatic N) is 2. The van der Waals surface area contributed by atoms with Crippen LogP contribution in [0.3, 0.4) is 0 Å². The average Bonchev–Trinajstić information content (AvgIpc) is 2.65. The van der Waals surface area contributed by atoms with Crippen LogP contribution in [0.25, 0.3) is 10.9 Å². The molecule has 0 radical (unpaired) electrons. The Labute approximate surface area is 159 Å². The summed E-state index contributed by atoms with van der Waals surface area (Å²) in [5, 5.41) is 1.04. The third-order valence-electron chi connectivity index (χ3n) is 4.81. The van der Waals surface area contributed by atoms with E-state index in [4.69, 9.17) is 9.47 Å². The van der Waals surface area contributed by atoms with Crippen LogP contribution in [-0.4, -0.2) is 47.7 Å². The van der Waals surface area contributed by atoms with E-state index >= 15 is 0 Å². The summed E-state index contributed by atoms with van der Waals surface area (Å²) in [7, 11) is 1.38.